The Kier molecular flexibility index (Phi) is 4.81. The summed E-state index contributed by atoms with van der Waals surface area (Å²) < 4.78 is 5.14. The summed E-state index contributed by atoms with van der Waals surface area (Å²) in [6.45, 7) is 1.84. The Morgan fingerprint density at radius 3 is 2.67 bits per heavy atom. The molecule has 1 N–H and O–H groups in total. The van der Waals surface area contributed by atoms with E-state index in [1.807, 2.05) is 13.0 Å². The van der Waals surface area contributed by atoms with Crippen LogP contribution in [0.4, 0.5) is 5.69 Å². The fourth-order valence-corrected chi connectivity index (χ4v) is 1.96. The van der Waals surface area contributed by atoms with E-state index in [0.29, 0.717) is 22.0 Å². The van der Waals surface area contributed by atoms with E-state index in [2.05, 4.69) is 5.32 Å². The third-order valence-corrected chi connectivity index (χ3v) is 3.09. The number of carbonyl (C=O) groups is 1. The zero-order valence-electron chi connectivity index (χ0n) is 11.4. The van der Waals surface area contributed by atoms with Crippen molar-refractivity contribution in [3.63, 3.8) is 0 Å². The first-order chi connectivity index (χ1) is 10.1. The van der Waals surface area contributed by atoms with Gasteiger partial charge in [0.05, 0.1) is 0 Å². The van der Waals surface area contributed by atoms with E-state index in [-0.39, 0.29) is 12.5 Å². The molecule has 21 heavy (non-hydrogen) atoms. The summed E-state index contributed by atoms with van der Waals surface area (Å²) in [5, 5.41) is 11.7. The molecule has 0 radical (unpaired) electrons. The molecule has 5 heteroatoms. The lowest BCUT2D eigenvalue weighted by atomic mass is 10.1. The molecule has 2 rings (SSSR count). The standard InChI is InChI=1S/C16H13ClN2O2/c1-11-2-3-12(17)10-15(11)16(20)19-13-4-6-14(7-5-13)21-9-8-18/h2-7,10H,9H2,1H3,(H,19,20). The van der Waals surface area contributed by atoms with Crippen molar-refractivity contribution in [2.24, 2.45) is 0 Å². The van der Waals surface area contributed by atoms with Crippen LogP contribution in [0.2, 0.25) is 5.02 Å². The Hall–Kier alpha value is -2.51. The molecule has 0 fully saturated rings. The number of rotatable bonds is 4. The minimum absolute atomic E-state index is 0.00653. The molecule has 2 aromatic carbocycles. The molecule has 0 spiro atoms. The Labute approximate surface area is 127 Å². The van der Waals surface area contributed by atoms with E-state index in [4.69, 9.17) is 21.6 Å². The number of nitriles is 1. The highest BCUT2D eigenvalue weighted by atomic mass is 35.5. The molecule has 2 aromatic rings. The summed E-state index contributed by atoms with van der Waals surface area (Å²) in [6, 6.07) is 13.9. The number of nitrogens with zero attached hydrogens (tertiary/aromatic N) is 1. The van der Waals surface area contributed by atoms with Crippen molar-refractivity contribution in [1.29, 1.82) is 5.26 Å². The highest BCUT2D eigenvalue weighted by molar-refractivity contribution is 6.31. The molecule has 1 amide bonds. The highest BCUT2D eigenvalue weighted by Crippen LogP contribution is 2.19. The first-order valence-corrected chi connectivity index (χ1v) is 6.65. The average Bonchev–Trinajstić information content (AvgIpc) is 2.49. The number of hydrogen-bond acceptors (Lipinski definition) is 3. The van der Waals surface area contributed by atoms with Crippen molar-refractivity contribution >= 4 is 23.2 Å². The van der Waals surface area contributed by atoms with Crippen LogP contribution < -0.4 is 10.1 Å². The zero-order valence-corrected chi connectivity index (χ0v) is 12.1. The molecule has 0 saturated heterocycles. The van der Waals surface area contributed by atoms with Gasteiger partial charge >= 0.3 is 0 Å². The largest absolute Gasteiger partial charge is 0.479 e. The summed E-state index contributed by atoms with van der Waals surface area (Å²) in [6.07, 6.45) is 0. The van der Waals surface area contributed by atoms with Gasteiger partial charge in [-0.05, 0) is 48.9 Å². The third-order valence-electron chi connectivity index (χ3n) is 2.86. The van der Waals surface area contributed by atoms with Crippen molar-refractivity contribution < 1.29 is 9.53 Å². The van der Waals surface area contributed by atoms with Crippen LogP contribution in [0.5, 0.6) is 5.75 Å². The lowest BCUT2D eigenvalue weighted by Crippen LogP contribution is -2.13. The molecule has 4 nitrogen and oxygen atoms in total. The number of hydrogen-bond donors (Lipinski definition) is 1. The molecular weight excluding hydrogens is 288 g/mol. The van der Waals surface area contributed by atoms with Crippen molar-refractivity contribution in [3.05, 3.63) is 58.6 Å². The van der Waals surface area contributed by atoms with E-state index < -0.39 is 0 Å². The van der Waals surface area contributed by atoms with Gasteiger partial charge < -0.3 is 10.1 Å². The summed E-state index contributed by atoms with van der Waals surface area (Å²) in [7, 11) is 0. The Bertz CT molecular complexity index is 690. The molecule has 106 valence electrons. The summed E-state index contributed by atoms with van der Waals surface area (Å²) in [5.41, 5.74) is 2.03. The van der Waals surface area contributed by atoms with Crippen molar-refractivity contribution in [3.8, 4) is 11.8 Å². The number of benzene rings is 2. The molecule has 0 atom stereocenters. The van der Waals surface area contributed by atoms with Crippen LogP contribution in [0.25, 0.3) is 0 Å². The summed E-state index contributed by atoms with van der Waals surface area (Å²) in [5.74, 6) is 0.356. The number of ether oxygens (including phenoxy) is 1. The zero-order chi connectivity index (χ0) is 15.2. The molecule has 0 unspecified atom stereocenters. The van der Waals surface area contributed by atoms with Crippen LogP contribution in [-0.2, 0) is 0 Å². The van der Waals surface area contributed by atoms with E-state index in [1.54, 1.807) is 42.5 Å². The van der Waals surface area contributed by atoms with Crippen molar-refractivity contribution in [2.75, 3.05) is 11.9 Å². The predicted molar refractivity (Wildman–Crippen MR) is 81.7 cm³/mol. The minimum Gasteiger partial charge on any atom is -0.479 e. The summed E-state index contributed by atoms with van der Waals surface area (Å²) >= 11 is 5.91. The smallest absolute Gasteiger partial charge is 0.255 e. The second-order valence-electron chi connectivity index (χ2n) is 4.38. The maximum Gasteiger partial charge on any atom is 0.255 e. The fraction of sp³-hybridized carbons (Fsp3) is 0.125. The Balaban J connectivity index is 2.09. The van der Waals surface area contributed by atoms with E-state index in [1.165, 1.54) is 0 Å². The fourth-order valence-electron chi connectivity index (χ4n) is 1.79. The number of aryl methyl sites for hydroxylation is 1. The van der Waals surface area contributed by atoms with Crippen LogP contribution in [0.15, 0.2) is 42.5 Å². The molecule has 0 aliphatic carbocycles. The van der Waals surface area contributed by atoms with Gasteiger partial charge in [0.1, 0.15) is 11.8 Å². The molecule has 0 bridgehead atoms. The van der Waals surface area contributed by atoms with Gasteiger partial charge in [0.25, 0.3) is 5.91 Å². The van der Waals surface area contributed by atoms with Gasteiger partial charge in [0, 0.05) is 16.3 Å². The second-order valence-corrected chi connectivity index (χ2v) is 4.82. The van der Waals surface area contributed by atoms with Gasteiger partial charge in [0.2, 0.25) is 0 Å². The van der Waals surface area contributed by atoms with E-state index in [9.17, 15) is 4.79 Å². The van der Waals surface area contributed by atoms with Crippen LogP contribution in [-0.4, -0.2) is 12.5 Å². The van der Waals surface area contributed by atoms with E-state index in [0.717, 1.165) is 5.56 Å². The molecule has 0 aliphatic heterocycles. The normalized spacial score (nSPS) is 9.76. The Morgan fingerprint density at radius 2 is 2.00 bits per heavy atom. The maximum atomic E-state index is 12.2. The minimum atomic E-state index is -0.222. The monoisotopic (exact) mass is 300 g/mol. The summed E-state index contributed by atoms with van der Waals surface area (Å²) in [4.78, 5) is 12.2. The van der Waals surface area contributed by atoms with E-state index >= 15 is 0 Å². The van der Waals surface area contributed by atoms with Gasteiger partial charge in [-0.3, -0.25) is 4.79 Å². The third kappa shape index (κ3) is 3.98. The van der Waals surface area contributed by atoms with Gasteiger partial charge in [-0.25, -0.2) is 0 Å². The number of nitrogens with one attached hydrogen (secondary N) is 1. The topological polar surface area (TPSA) is 62.1 Å². The number of amides is 1. The number of anilines is 1. The van der Waals surface area contributed by atoms with Gasteiger partial charge in [0.15, 0.2) is 6.61 Å². The number of carbonyl (C=O) groups excluding carboxylic acids is 1. The maximum absolute atomic E-state index is 12.2. The highest BCUT2D eigenvalue weighted by Gasteiger charge is 2.10. The molecule has 0 heterocycles. The first kappa shape index (κ1) is 14.9. The quantitative estimate of drug-likeness (QED) is 0.934. The lowest BCUT2D eigenvalue weighted by molar-refractivity contribution is 0.102. The predicted octanol–water partition coefficient (Wildman–Crippen LogP) is 3.80. The van der Waals surface area contributed by atoms with Crippen molar-refractivity contribution in [1.82, 2.24) is 0 Å². The van der Waals surface area contributed by atoms with Crippen LogP contribution >= 0.6 is 11.6 Å². The van der Waals surface area contributed by atoms with Gasteiger partial charge in [-0.2, -0.15) is 5.26 Å². The average molecular weight is 301 g/mol. The Morgan fingerprint density at radius 1 is 1.29 bits per heavy atom. The molecule has 0 saturated carbocycles. The second kappa shape index (κ2) is 6.78. The SMILES string of the molecule is Cc1ccc(Cl)cc1C(=O)Nc1ccc(OCC#N)cc1. The van der Waals surface area contributed by atoms with Crippen LogP contribution in [0.1, 0.15) is 15.9 Å². The number of halogens is 1. The molecular formula is C16H13ClN2O2. The van der Waals surface area contributed by atoms with Crippen LogP contribution in [0, 0.1) is 18.3 Å². The van der Waals surface area contributed by atoms with Crippen molar-refractivity contribution in [2.45, 2.75) is 6.92 Å². The lowest BCUT2D eigenvalue weighted by Gasteiger charge is -2.09. The van der Waals surface area contributed by atoms with Crippen LogP contribution in [0.3, 0.4) is 0 Å². The molecule has 0 aromatic heterocycles. The van der Waals surface area contributed by atoms with Gasteiger partial charge in [-0.15, -0.1) is 0 Å². The molecule has 0 aliphatic rings. The van der Waals surface area contributed by atoms with Gasteiger partial charge in [-0.1, -0.05) is 17.7 Å². The first-order valence-electron chi connectivity index (χ1n) is 6.27.